The number of rotatable bonds is 3. The fraction of sp³-hybridized carbons (Fsp3) is 0.571. The van der Waals surface area contributed by atoms with Gasteiger partial charge in [-0.15, -0.1) is 0 Å². The van der Waals surface area contributed by atoms with Crippen LogP contribution in [0.25, 0.3) is 0 Å². The SMILES string of the molecule is CCCNC1c2cccc(C)c2CC1C. The Labute approximate surface area is 92.9 Å². The van der Waals surface area contributed by atoms with Gasteiger partial charge in [0.2, 0.25) is 0 Å². The lowest BCUT2D eigenvalue weighted by atomic mass is 10.0. The molecular formula is C14H21N. The highest BCUT2D eigenvalue weighted by Gasteiger charge is 2.29. The third kappa shape index (κ3) is 1.93. The summed E-state index contributed by atoms with van der Waals surface area (Å²) in [5, 5.41) is 3.66. The van der Waals surface area contributed by atoms with Gasteiger partial charge in [-0.1, -0.05) is 32.0 Å². The third-order valence-electron chi connectivity index (χ3n) is 3.49. The lowest BCUT2D eigenvalue weighted by Gasteiger charge is -2.18. The van der Waals surface area contributed by atoms with Gasteiger partial charge in [-0.05, 0) is 48.9 Å². The molecule has 1 N–H and O–H groups in total. The van der Waals surface area contributed by atoms with E-state index in [1.165, 1.54) is 24.0 Å². The molecule has 2 rings (SSSR count). The van der Waals surface area contributed by atoms with Crippen molar-refractivity contribution in [1.29, 1.82) is 0 Å². The van der Waals surface area contributed by atoms with E-state index in [0.717, 1.165) is 12.5 Å². The highest BCUT2D eigenvalue weighted by molar-refractivity contribution is 5.41. The lowest BCUT2D eigenvalue weighted by Crippen LogP contribution is -2.24. The molecule has 1 heteroatoms. The first-order chi connectivity index (χ1) is 7.24. The highest BCUT2D eigenvalue weighted by atomic mass is 14.9. The van der Waals surface area contributed by atoms with Crippen LogP contribution in [-0.4, -0.2) is 6.54 Å². The van der Waals surface area contributed by atoms with Crippen molar-refractivity contribution >= 4 is 0 Å². The van der Waals surface area contributed by atoms with Gasteiger partial charge in [-0.3, -0.25) is 0 Å². The highest BCUT2D eigenvalue weighted by Crippen LogP contribution is 2.37. The Morgan fingerprint density at radius 3 is 2.93 bits per heavy atom. The van der Waals surface area contributed by atoms with E-state index in [9.17, 15) is 0 Å². The largest absolute Gasteiger partial charge is 0.310 e. The summed E-state index contributed by atoms with van der Waals surface area (Å²) in [5.41, 5.74) is 4.58. The Hall–Kier alpha value is -0.820. The van der Waals surface area contributed by atoms with E-state index < -0.39 is 0 Å². The summed E-state index contributed by atoms with van der Waals surface area (Å²) in [6.07, 6.45) is 2.45. The van der Waals surface area contributed by atoms with E-state index in [4.69, 9.17) is 0 Å². The van der Waals surface area contributed by atoms with Gasteiger partial charge in [-0.2, -0.15) is 0 Å². The average Bonchev–Trinajstić information content (AvgIpc) is 2.54. The van der Waals surface area contributed by atoms with Crippen LogP contribution in [0.15, 0.2) is 18.2 Å². The molecule has 0 saturated carbocycles. The van der Waals surface area contributed by atoms with Gasteiger partial charge in [-0.25, -0.2) is 0 Å². The summed E-state index contributed by atoms with van der Waals surface area (Å²) in [4.78, 5) is 0. The number of hydrogen-bond acceptors (Lipinski definition) is 1. The van der Waals surface area contributed by atoms with Crippen LogP contribution in [0.4, 0.5) is 0 Å². The predicted octanol–water partition coefficient (Wildman–Crippen LogP) is 3.23. The number of benzene rings is 1. The topological polar surface area (TPSA) is 12.0 Å². The molecule has 1 aliphatic rings. The van der Waals surface area contributed by atoms with Gasteiger partial charge in [0.25, 0.3) is 0 Å². The molecule has 0 radical (unpaired) electrons. The second kappa shape index (κ2) is 4.36. The van der Waals surface area contributed by atoms with Crippen LogP contribution in [0.1, 0.15) is 43.0 Å². The number of hydrogen-bond donors (Lipinski definition) is 1. The van der Waals surface area contributed by atoms with Crippen molar-refractivity contribution in [2.75, 3.05) is 6.54 Å². The van der Waals surface area contributed by atoms with E-state index in [1.54, 1.807) is 5.56 Å². The quantitative estimate of drug-likeness (QED) is 0.795. The maximum atomic E-state index is 3.66. The van der Waals surface area contributed by atoms with Gasteiger partial charge < -0.3 is 5.32 Å². The summed E-state index contributed by atoms with van der Waals surface area (Å²) in [6.45, 7) is 7.94. The molecule has 1 aromatic rings. The second-order valence-corrected chi connectivity index (χ2v) is 4.76. The fourth-order valence-corrected chi connectivity index (χ4v) is 2.65. The molecule has 0 heterocycles. The molecule has 1 aliphatic carbocycles. The van der Waals surface area contributed by atoms with E-state index in [2.05, 4.69) is 44.3 Å². The third-order valence-corrected chi connectivity index (χ3v) is 3.49. The molecule has 0 bridgehead atoms. The van der Waals surface area contributed by atoms with Crippen molar-refractivity contribution in [3.63, 3.8) is 0 Å². The van der Waals surface area contributed by atoms with Crippen molar-refractivity contribution in [3.05, 3.63) is 34.9 Å². The molecule has 0 aliphatic heterocycles. The Morgan fingerprint density at radius 1 is 1.40 bits per heavy atom. The normalized spacial score (nSPS) is 24.2. The zero-order valence-corrected chi connectivity index (χ0v) is 10.0. The molecule has 1 aromatic carbocycles. The maximum absolute atomic E-state index is 3.66. The van der Waals surface area contributed by atoms with Crippen molar-refractivity contribution in [2.24, 2.45) is 5.92 Å². The summed E-state index contributed by atoms with van der Waals surface area (Å²) in [5.74, 6) is 0.743. The van der Waals surface area contributed by atoms with Gasteiger partial charge in [0.05, 0.1) is 0 Å². The van der Waals surface area contributed by atoms with Gasteiger partial charge in [0, 0.05) is 6.04 Å². The predicted molar refractivity (Wildman–Crippen MR) is 65.1 cm³/mol. The molecule has 0 amide bonds. The first kappa shape index (κ1) is 10.7. The Kier molecular flexibility index (Phi) is 3.11. The monoisotopic (exact) mass is 203 g/mol. The molecule has 0 saturated heterocycles. The molecule has 0 fully saturated rings. The standard InChI is InChI=1S/C14H21N/c1-4-8-15-14-11(3)9-13-10(2)6-5-7-12(13)14/h5-7,11,14-15H,4,8-9H2,1-3H3. The molecule has 82 valence electrons. The molecular weight excluding hydrogens is 182 g/mol. The van der Waals surface area contributed by atoms with Crippen molar-refractivity contribution in [3.8, 4) is 0 Å². The van der Waals surface area contributed by atoms with Crippen LogP contribution in [0.3, 0.4) is 0 Å². The summed E-state index contributed by atoms with van der Waals surface area (Å²) in [7, 11) is 0. The van der Waals surface area contributed by atoms with Crippen molar-refractivity contribution in [1.82, 2.24) is 5.32 Å². The zero-order chi connectivity index (χ0) is 10.8. The molecule has 0 spiro atoms. The van der Waals surface area contributed by atoms with Crippen molar-refractivity contribution in [2.45, 2.75) is 39.7 Å². The minimum Gasteiger partial charge on any atom is -0.310 e. The number of aryl methyl sites for hydroxylation is 1. The van der Waals surface area contributed by atoms with Crippen LogP contribution in [0.2, 0.25) is 0 Å². The van der Waals surface area contributed by atoms with E-state index in [-0.39, 0.29) is 0 Å². The molecule has 2 atom stereocenters. The Bertz CT molecular complexity index is 343. The smallest absolute Gasteiger partial charge is 0.0352 e. The molecule has 0 aromatic heterocycles. The van der Waals surface area contributed by atoms with E-state index in [0.29, 0.717) is 6.04 Å². The lowest BCUT2D eigenvalue weighted by molar-refractivity contribution is 0.417. The first-order valence-corrected chi connectivity index (χ1v) is 6.05. The minimum absolute atomic E-state index is 0.583. The van der Waals surface area contributed by atoms with Crippen molar-refractivity contribution < 1.29 is 0 Å². The average molecular weight is 203 g/mol. The van der Waals surface area contributed by atoms with Crippen LogP contribution < -0.4 is 5.32 Å². The Balaban J connectivity index is 2.25. The number of fused-ring (bicyclic) bond motifs is 1. The summed E-state index contributed by atoms with van der Waals surface area (Å²) in [6, 6.07) is 7.29. The minimum atomic E-state index is 0.583. The van der Waals surface area contributed by atoms with Gasteiger partial charge >= 0.3 is 0 Å². The summed E-state index contributed by atoms with van der Waals surface area (Å²) < 4.78 is 0. The second-order valence-electron chi connectivity index (χ2n) is 4.76. The van der Waals surface area contributed by atoms with Crippen LogP contribution >= 0.6 is 0 Å². The summed E-state index contributed by atoms with van der Waals surface area (Å²) >= 11 is 0. The number of nitrogens with one attached hydrogen (secondary N) is 1. The zero-order valence-electron chi connectivity index (χ0n) is 10.0. The van der Waals surface area contributed by atoms with Gasteiger partial charge in [0.1, 0.15) is 0 Å². The van der Waals surface area contributed by atoms with E-state index in [1.807, 2.05) is 0 Å². The van der Waals surface area contributed by atoms with E-state index >= 15 is 0 Å². The van der Waals surface area contributed by atoms with Crippen LogP contribution in [0, 0.1) is 12.8 Å². The van der Waals surface area contributed by atoms with Crippen LogP contribution in [-0.2, 0) is 6.42 Å². The fourth-order valence-electron chi connectivity index (χ4n) is 2.65. The molecule has 1 nitrogen and oxygen atoms in total. The van der Waals surface area contributed by atoms with Gasteiger partial charge in [0.15, 0.2) is 0 Å². The maximum Gasteiger partial charge on any atom is 0.0352 e. The Morgan fingerprint density at radius 2 is 2.20 bits per heavy atom. The first-order valence-electron chi connectivity index (χ1n) is 6.05. The molecule has 2 unspecified atom stereocenters. The molecule has 15 heavy (non-hydrogen) atoms. The van der Waals surface area contributed by atoms with Crippen LogP contribution in [0.5, 0.6) is 0 Å².